The summed E-state index contributed by atoms with van der Waals surface area (Å²) in [5.41, 5.74) is -0.470. The molecule has 0 unspecified atom stereocenters. The summed E-state index contributed by atoms with van der Waals surface area (Å²) in [7, 11) is 0. The molecule has 100 valence electrons. The van der Waals surface area contributed by atoms with E-state index >= 15 is 0 Å². The normalized spacial score (nSPS) is 12.3. The molecule has 0 fully saturated rings. The average Bonchev–Trinajstić information content (AvgIpc) is 2.13. The molecule has 0 heterocycles. The van der Waals surface area contributed by atoms with Crippen LogP contribution < -0.4 is 0 Å². The molecule has 0 aliphatic heterocycles. The number of benzene rings is 1. The molecule has 0 spiro atoms. The van der Waals surface area contributed by atoms with E-state index in [1.54, 1.807) is 13.8 Å². The van der Waals surface area contributed by atoms with Crippen LogP contribution in [0.25, 0.3) is 0 Å². The van der Waals surface area contributed by atoms with Crippen molar-refractivity contribution < 1.29 is 14.6 Å². The molecule has 1 aromatic carbocycles. The van der Waals surface area contributed by atoms with E-state index in [-0.39, 0.29) is 12.4 Å². The summed E-state index contributed by atoms with van der Waals surface area (Å²) < 4.78 is 5.42. The van der Waals surface area contributed by atoms with Crippen molar-refractivity contribution in [1.29, 1.82) is 0 Å². The van der Waals surface area contributed by atoms with Gasteiger partial charge in [0.1, 0.15) is 5.60 Å². The Labute approximate surface area is 109 Å². The Kier molecular flexibility index (Phi) is 4.52. The van der Waals surface area contributed by atoms with Crippen LogP contribution in [0.15, 0.2) is 30.3 Å². The van der Waals surface area contributed by atoms with Gasteiger partial charge in [-0.05, 0) is 33.3 Å². The number of esters is 1. The first-order chi connectivity index (χ1) is 8.18. The van der Waals surface area contributed by atoms with Crippen molar-refractivity contribution in [2.75, 3.05) is 0 Å². The minimum absolute atomic E-state index is 0.00518. The van der Waals surface area contributed by atoms with Crippen LogP contribution in [0.3, 0.4) is 0 Å². The van der Waals surface area contributed by atoms with E-state index < -0.39 is 11.2 Å². The lowest BCUT2D eigenvalue weighted by molar-refractivity contribution is -0.160. The van der Waals surface area contributed by atoms with Crippen LogP contribution in [-0.2, 0) is 16.0 Å². The predicted molar refractivity (Wildman–Crippen MR) is 71.2 cm³/mol. The van der Waals surface area contributed by atoms with Crippen LogP contribution in [0.5, 0.6) is 0 Å². The zero-order chi connectivity index (χ0) is 13.8. The van der Waals surface area contributed by atoms with E-state index in [2.05, 4.69) is 0 Å². The molecule has 18 heavy (non-hydrogen) atoms. The Morgan fingerprint density at radius 2 is 1.72 bits per heavy atom. The second-order valence-corrected chi connectivity index (χ2v) is 5.89. The first-order valence-electron chi connectivity index (χ1n) is 6.16. The maximum Gasteiger partial charge on any atom is 0.309 e. The van der Waals surface area contributed by atoms with Gasteiger partial charge in [0.2, 0.25) is 0 Å². The van der Waals surface area contributed by atoms with Crippen LogP contribution in [0.2, 0.25) is 0 Å². The number of carbonyl (C=O) groups excluding carboxylic acids is 1. The molecular formula is C15H22O3. The molecule has 3 nitrogen and oxygen atoms in total. The maximum absolute atomic E-state index is 11.7. The molecular weight excluding hydrogens is 228 g/mol. The average molecular weight is 250 g/mol. The predicted octanol–water partition coefficient (Wildman–Crippen LogP) is 2.71. The smallest absolute Gasteiger partial charge is 0.309 e. The van der Waals surface area contributed by atoms with E-state index in [0.29, 0.717) is 6.42 Å². The van der Waals surface area contributed by atoms with Gasteiger partial charge < -0.3 is 9.84 Å². The molecule has 0 saturated carbocycles. The van der Waals surface area contributed by atoms with Gasteiger partial charge in [0, 0.05) is 6.42 Å². The van der Waals surface area contributed by atoms with Crippen molar-refractivity contribution in [3.8, 4) is 0 Å². The van der Waals surface area contributed by atoms with Gasteiger partial charge in [0.15, 0.2) is 0 Å². The first kappa shape index (κ1) is 14.7. The maximum atomic E-state index is 11.7. The molecule has 0 radical (unpaired) electrons. The van der Waals surface area contributed by atoms with E-state index in [4.69, 9.17) is 4.74 Å². The van der Waals surface area contributed by atoms with E-state index in [1.165, 1.54) is 0 Å². The lowest BCUT2D eigenvalue weighted by Crippen LogP contribution is -2.34. The highest BCUT2D eigenvalue weighted by Crippen LogP contribution is 2.19. The zero-order valence-corrected chi connectivity index (χ0v) is 11.6. The second-order valence-electron chi connectivity index (χ2n) is 5.89. The highest BCUT2D eigenvalue weighted by atomic mass is 16.6. The Balaban J connectivity index is 2.57. The van der Waals surface area contributed by atoms with Gasteiger partial charge in [-0.15, -0.1) is 0 Å². The SMILES string of the molecule is CC(C)(O)CC(=O)OC(C)(C)Cc1ccccc1. The Bertz CT molecular complexity index is 388. The fraction of sp³-hybridized carbons (Fsp3) is 0.533. The molecule has 0 aliphatic carbocycles. The largest absolute Gasteiger partial charge is 0.459 e. The highest BCUT2D eigenvalue weighted by molar-refractivity contribution is 5.71. The van der Waals surface area contributed by atoms with Gasteiger partial charge >= 0.3 is 5.97 Å². The monoisotopic (exact) mass is 250 g/mol. The van der Waals surface area contributed by atoms with Gasteiger partial charge in [0.25, 0.3) is 0 Å². The van der Waals surface area contributed by atoms with E-state index in [0.717, 1.165) is 5.56 Å². The Morgan fingerprint density at radius 3 is 2.22 bits per heavy atom. The molecule has 0 amide bonds. The molecule has 3 heteroatoms. The number of carbonyl (C=O) groups is 1. The standard InChI is InChI=1S/C15H22O3/c1-14(2,17)11-13(16)18-15(3,4)10-12-8-6-5-7-9-12/h5-9,17H,10-11H2,1-4H3. The third kappa shape index (κ3) is 5.82. The van der Waals surface area contributed by atoms with Gasteiger partial charge in [-0.1, -0.05) is 30.3 Å². The van der Waals surface area contributed by atoms with Crippen LogP contribution in [0.1, 0.15) is 39.7 Å². The molecule has 0 saturated heterocycles. The highest BCUT2D eigenvalue weighted by Gasteiger charge is 2.26. The topological polar surface area (TPSA) is 46.5 Å². The van der Waals surface area contributed by atoms with Gasteiger partial charge in [-0.25, -0.2) is 0 Å². The van der Waals surface area contributed by atoms with Crippen molar-refractivity contribution in [2.45, 2.75) is 51.7 Å². The summed E-state index contributed by atoms with van der Waals surface area (Å²) in [6.07, 6.45) is 0.663. The van der Waals surface area contributed by atoms with E-state index in [9.17, 15) is 9.90 Å². The summed E-state index contributed by atoms with van der Waals surface area (Å²) >= 11 is 0. The molecule has 0 atom stereocenters. The summed E-state index contributed by atoms with van der Waals surface area (Å²) in [6, 6.07) is 9.89. The summed E-state index contributed by atoms with van der Waals surface area (Å²) in [4.78, 5) is 11.7. The van der Waals surface area contributed by atoms with Crippen molar-refractivity contribution in [2.24, 2.45) is 0 Å². The van der Waals surface area contributed by atoms with Crippen LogP contribution in [0, 0.1) is 0 Å². The second kappa shape index (κ2) is 5.53. The van der Waals surface area contributed by atoms with Crippen molar-refractivity contribution in [3.05, 3.63) is 35.9 Å². The number of aliphatic hydroxyl groups is 1. The quantitative estimate of drug-likeness (QED) is 0.817. The minimum Gasteiger partial charge on any atom is -0.459 e. The van der Waals surface area contributed by atoms with Gasteiger partial charge in [-0.2, -0.15) is 0 Å². The fourth-order valence-electron chi connectivity index (χ4n) is 1.82. The molecule has 1 N–H and O–H groups in total. The van der Waals surface area contributed by atoms with Crippen molar-refractivity contribution in [3.63, 3.8) is 0 Å². The molecule has 0 aliphatic rings. The Hall–Kier alpha value is -1.35. The summed E-state index contributed by atoms with van der Waals surface area (Å²) in [6.45, 7) is 6.95. The van der Waals surface area contributed by atoms with Crippen LogP contribution in [0.4, 0.5) is 0 Å². The van der Waals surface area contributed by atoms with E-state index in [1.807, 2.05) is 44.2 Å². The number of ether oxygens (including phenoxy) is 1. The fourth-order valence-corrected chi connectivity index (χ4v) is 1.82. The van der Waals surface area contributed by atoms with Crippen LogP contribution in [-0.4, -0.2) is 22.3 Å². The first-order valence-corrected chi connectivity index (χ1v) is 6.16. The number of hydrogen-bond donors (Lipinski definition) is 1. The summed E-state index contributed by atoms with van der Waals surface area (Å²) in [5.74, 6) is -0.372. The third-order valence-electron chi connectivity index (χ3n) is 2.44. The lowest BCUT2D eigenvalue weighted by atomic mass is 9.98. The van der Waals surface area contributed by atoms with Crippen molar-refractivity contribution >= 4 is 5.97 Å². The molecule has 0 bridgehead atoms. The number of hydrogen-bond acceptors (Lipinski definition) is 3. The van der Waals surface area contributed by atoms with Gasteiger partial charge in [0.05, 0.1) is 12.0 Å². The number of rotatable bonds is 5. The lowest BCUT2D eigenvalue weighted by Gasteiger charge is -2.27. The zero-order valence-electron chi connectivity index (χ0n) is 11.6. The Morgan fingerprint density at radius 1 is 1.17 bits per heavy atom. The molecule has 1 rings (SSSR count). The van der Waals surface area contributed by atoms with Gasteiger partial charge in [-0.3, -0.25) is 4.79 Å². The van der Waals surface area contributed by atoms with Crippen LogP contribution >= 0.6 is 0 Å². The third-order valence-corrected chi connectivity index (χ3v) is 2.44. The van der Waals surface area contributed by atoms with Crippen molar-refractivity contribution in [1.82, 2.24) is 0 Å². The molecule has 0 aromatic heterocycles. The summed E-state index contributed by atoms with van der Waals surface area (Å²) in [5, 5.41) is 9.57. The minimum atomic E-state index is -1.03. The molecule has 1 aromatic rings.